The summed E-state index contributed by atoms with van der Waals surface area (Å²) in [6.07, 6.45) is 3.99. The van der Waals surface area contributed by atoms with Gasteiger partial charge in [0, 0.05) is 25.2 Å². The van der Waals surface area contributed by atoms with Crippen molar-refractivity contribution in [3.05, 3.63) is 29.8 Å². The minimum Gasteiger partial charge on any atom is -0.326 e. The third-order valence-corrected chi connectivity index (χ3v) is 4.55. The van der Waals surface area contributed by atoms with E-state index in [1.807, 2.05) is 12.1 Å². The predicted molar refractivity (Wildman–Crippen MR) is 83.6 cm³/mol. The summed E-state index contributed by atoms with van der Waals surface area (Å²) >= 11 is 0. The molecule has 3 atom stereocenters. The van der Waals surface area contributed by atoms with Crippen LogP contribution in [0.4, 0.5) is 5.69 Å². The molecule has 2 N–H and O–H groups in total. The predicted octanol–water partition coefficient (Wildman–Crippen LogP) is 3.56. The highest BCUT2D eigenvalue weighted by molar-refractivity contribution is 5.88. The molecule has 0 spiro atoms. The van der Waals surface area contributed by atoms with Crippen LogP contribution in [0.3, 0.4) is 0 Å². The average Bonchev–Trinajstić information content (AvgIpc) is 2.41. The second-order valence-corrected chi connectivity index (χ2v) is 6.13. The SMILES string of the molecule is CC(=O)Nc1ccc(CN[C@@H]2CCC[C@H](C)[C@@H]2C)cc1. The van der Waals surface area contributed by atoms with Gasteiger partial charge in [-0.3, -0.25) is 4.79 Å². The largest absolute Gasteiger partial charge is 0.326 e. The molecule has 1 fully saturated rings. The molecule has 1 aromatic carbocycles. The van der Waals surface area contributed by atoms with Crippen LogP contribution in [-0.2, 0) is 11.3 Å². The smallest absolute Gasteiger partial charge is 0.221 e. The summed E-state index contributed by atoms with van der Waals surface area (Å²) in [6, 6.07) is 8.72. The molecule has 0 aliphatic heterocycles. The fourth-order valence-electron chi connectivity index (χ4n) is 3.03. The molecular weight excluding hydrogens is 248 g/mol. The van der Waals surface area contributed by atoms with Gasteiger partial charge in [0.25, 0.3) is 0 Å². The van der Waals surface area contributed by atoms with Crippen LogP contribution in [-0.4, -0.2) is 11.9 Å². The fraction of sp³-hybridized carbons (Fsp3) is 0.588. The molecule has 20 heavy (non-hydrogen) atoms. The Balaban J connectivity index is 1.86. The Bertz CT molecular complexity index is 441. The summed E-state index contributed by atoms with van der Waals surface area (Å²) in [5.74, 6) is 1.55. The maximum Gasteiger partial charge on any atom is 0.221 e. The highest BCUT2D eigenvalue weighted by Crippen LogP contribution is 2.29. The molecule has 0 unspecified atom stereocenters. The third-order valence-electron chi connectivity index (χ3n) is 4.55. The Morgan fingerprint density at radius 3 is 2.55 bits per heavy atom. The molecule has 0 radical (unpaired) electrons. The van der Waals surface area contributed by atoms with Crippen LogP contribution in [0.1, 0.15) is 45.6 Å². The molecule has 3 heteroatoms. The van der Waals surface area contributed by atoms with E-state index in [9.17, 15) is 4.79 Å². The van der Waals surface area contributed by atoms with Gasteiger partial charge in [0.1, 0.15) is 0 Å². The minimum absolute atomic E-state index is 0.0270. The number of carbonyl (C=O) groups is 1. The zero-order chi connectivity index (χ0) is 14.5. The number of hydrogen-bond donors (Lipinski definition) is 2. The van der Waals surface area contributed by atoms with E-state index in [0.717, 1.165) is 24.1 Å². The normalized spacial score (nSPS) is 26.2. The van der Waals surface area contributed by atoms with Gasteiger partial charge in [0.15, 0.2) is 0 Å². The Morgan fingerprint density at radius 2 is 1.90 bits per heavy atom. The lowest BCUT2D eigenvalue weighted by Crippen LogP contribution is -2.40. The molecule has 0 saturated heterocycles. The summed E-state index contributed by atoms with van der Waals surface area (Å²) in [5.41, 5.74) is 2.13. The monoisotopic (exact) mass is 274 g/mol. The molecule has 1 amide bonds. The summed E-state index contributed by atoms with van der Waals surface area (Å²) in [4.78, 5) is 11.0. The average molecular weight is 274 g/mol. The second kappa shape index (κ2) is 6.89. The van der Waals surface area contributed by atoms with E-state index in [0.29, 0.717) is 6.04 Å². The van der Waals surface area contributed by atoms with E-state index in [1.54, 1.807) is 0 Å². The van der Waals surface area contributed by atoms with Crippen molar-refractivity contribution in [3.63, 3.8) is 0 Å². The van der Waals surface area contributed by atoms with Crippen molar-refractivity contribution in [1.82, 2.24) is 5.32 Å². The van der Waals surface area contributed by atoms with Gasteiger partial charge in [-0.2, -0.15) is 0 Å². The lowest BCUT2D eigenvalue weighted by Gasteiger charge is -2.34. The van der Waals surface area contributed by atoms with Gasteiger partial charge in [-0.1, -0.05) is 38.8 Å². The lowest BCUT2D eigenvalue weighted by molar-refractivity contribution is -0.114. The maximum atomic E-state index is 11.0. The Labute approximate surface area is 122 Å². The zero-order valence-corrected chi connectivity index (χ0v) is 12.8. The van der Waals surface area contributed by atoms with E-state index in [1.165, 1.54) is 31.7 Å². The fourth-order valence-corrected chi connectivity index (χ4v) is 3.03. The first-order valence-corrected chi connectivity index (χ1v) is 7.66. The number of hydrogen-bond acceptors (Lipinski definition) is 2. The van der Waals surface area contributed by atoms with Crippen molar-refractivity contribution >= 4 is 11.6 Å². The summed E-state index contributed by atoms with van der Waals surface area (Å²) < 4.78 is 0. The second-order valence-electron chi connectivity index (χ2n) is 6.13. The number of benzene rings is 1. The van der Waals surface area contributed by atoms with E-state index >= 15 is 0 Å². The Hall–Kier alpha value is -1.35. The van der Waals surface area contributed by atoms with Gasteiger partial charge < -0.3 is 10.6 Å². The molecule has 0 heterocycles. The first kappa shape index (κ1) is 15.0. The standard InChI is InChI=1S/C17H26N2O/c1-12-5-4-6-17(13(12)2)18-11-15-7-9-16(10-8-15)19-14(3)20/h7-10,12-13,17-18H,4-6,11H2,1-3H3,(H,19,20)/t12-,13-,17+/m0/s1. The van der Waals surface area contributed by atoms with Crippen LogP contribution < -0.4 is 10.6 Å². The van der Waals surface area contributed by atoms with Gasteiger partial charge >= 0.3 is 0 Å². The summed E-state index contributed by atoms with van der Waals surface area (Å²) in [6.45, 7) is 7.16. The van der Waals surface area contributed by atoms with Crippen LogP contribution in [0.15, 0.2) is 24.3 Å². The zero-order valence-electron chi connectivity index (χ0n) is 12.8. The van der Waals surface area contributed by atoms with Crippen molar-refractivity contribution in [3.8, 4) is 0 Å². The quantitative estimate of drug-likeness (QED) is 0.881. The van der Waals surface area contributed by atoms with Crippen molar-refractivity contribution in [2.24, 2.45) is 11.8 Å². The molecule has 1 aromatic rings. The summed E-state index contributed by atoms with van der Waals surface area (Å²) in [7, 11) is 0. The number of rotatable bonds is 4. The molecular formula is C17H26N2O. The molecule has 1 aliphatic rings. The van der Waals surface area contributed by atoms with Crippen molar-refractivity contribution in [2.75, 3.05) is 5.32 Å². The molecule has 0 aromatic heterocycles. The third kappa shape index (κ3) is 4.07. The highest BCUT2D eigenvalue weighted by Gasteiger charge is 2.26. The van der Waals surface area contributed by atoms with Gasteiger partial charge in [0.2, 0.25) is 5.91 Å². The van der Waals surface area contributed by atoms with Gasteiger partial charge in [-0.05, 0) is 36.0 Å². The molecule has 0 bridgehead atoms. The molecule has 2 rings (SSSR count). The molecule has 3 nitrogen and oxygen atoms in total. The molecule has 110 valence electrons. The van der Waals surface area contributed by atoms with E-state index in [2.05, 4.69) is 36.6 Å². The van der Waals surface area contributed by atoms with Crippen LogP contribution >= 0.6 is 0 Å². The number of anilines is 1. The van der Waals surface area contributed by atoms with Crippen molar-refractivity contribution in [1.29, 1.82) is 0 Å². The minimum atomic E-state index is -0.0270. The van der Waals surface area contributed by atoms with Crippen molar-refractivity contribution in [2.45, 2.75) is 52.6 Å². The number of amides is 1. The Kier molecular flexibility index (Phi) is 5.18. The topological polar surface area (TPSA) is 41.1 Å². The van der Waals surface area contributed by atoms with E-state index < -0.39 is 0 Å². The summed E-state index contributed by atoms with van der Waals surface area (Å²) in [5, 5.41) is 6.48. The van der Waals surface area contributed by atoms with E-state index in [4.69, 9.17) is 0 Å². The molecule has 1 aliphatic carbocycles. The lowest BCUT2D eigenvalue weighted by atomic mass is 9.78. The first-order valence-electron chi connectivity index (χ1n) is 7.66. The van der Waals surface area contributed by atoms with Crippen LogP contribution in [0.25, 0.3) is 0 Å². The van der Waals surface area contributed by atoms with Crippen molar-refractivity contribution < 1.29 is 4.79 Å². The van der Waals surface area contributed by atoms with Crippen LogP contribution in [0, 0.1) is 11.8 Å². The maximum absolute atomic E-state index is 11.0. The molecule has 1 saturated carbocycles. The number of carbonyl (C=O) groups excluding carboxylic acids is 1. The van der Waals surface area contributed by atoms with Crippen LogP contribution in [0.5, 0.6) is 0 Å². The first-order chi connectivity index (χ1) is 9.56. The van der Waals surface area contributed by atoms with Gasteiger partial charge in [0.05, 0.1) is 0 Å². The Morgan fingerprint density at radius 1 is 1.20 bits per heavy atom. The van der Waals surface area contributed by atoms with E-state index in [-0.39, 0.29) is 5.91 Å². The highest BCUT2D eigenvalue weighted by atomic mass is 16.1. The van der Waals surface area contributed by atoms with Gasteiger partial charge in [-0.25, -0.2) is 0 Å². The van der Waals surface area contributed by atoms with Gasteiger partial charge in [-0.15, -0.1) is 0 Å². The number of nitrogens with one attached hydrogen (secondary N) is 2. The van der Waals surface area contributed by atoms with Crippen LogP contribution in [0.2, 0.25) is 0 Å².